The van der Waals surface area contributed by atoms with Crippen molar-refractivity contribution in [3.63, 3.8) is 0 Å². The fraction of sp³-hybridized carbons (Fsp3) is 0.182. The number of H-pyrrole nitrogens is 1. The monoisotopic (exact) mass is 377 g/mol. The zero-order valence-electron chi connectivity index (χ0n) is 15.3. The van der Waals surface area contributed by atoms with E-state index in [-0.39, 0.29) is 11.1 Å². The van der Waals surface area contributed by atoms with E-state index in [0.29, 0.717) is 12.1 Å². The Kier molecular flexibility index (Phi) is 4.58. The molecule has 0 saturated carbocycles. The van der Waals surface area contributed by atoms with Gasteiger partial charge in [-0.15, -0.1) is 0 Å². The van der Waals surface area contributed by atoms with Crippen LogP contribution in [0.4, 0.5) is 0 Å². The number of para-hydroxylation sites is 1. The van der Waals surface area contributed by atoms with Crippen LogP contribution < -0.4 is 5.32 Å². The predicted molar refractivity (Wildman–Crippen MR) is 111 cm³/mol. The molecule has 0 aliphatic rings. The van der Waals surface area contributed by atoms with Gasteiger partial charge in [0.2, 0.25) is 0 Å². The lowest BCUT2D eigenvalue weighted by atomic mass is 10.1. The average molecular weight is 378 g/mol. The number of halogens is 1. The van der Waals surface area contributed by atoms with Gasteiger partial charge >= 0.3 is 0 Å². The molecule has 0 saturated heterocycles. The van der Waals surface area contributed by atoms with Gasteiger partial charge in [-0.2, -0.15) is 0 Å². The zero-order chi connectivity index (χ0) is 19.0. The third-order valence-electron chi connectivity index (χ3n) is 4.81. The Bertz CT molecular complexity index is 1160. The molecular weight excluding hydrogens is 358 g/mol. The third kappa shape index (κ3) is 3.40. The molecule has 2 aromatic heterocycles. The summed E-state index contributed by atoms with van der Waals surface area (Å²) in [7, 11) is 0. The minimum atomic E-state index is -0.201. The minimum absolute atomic E-state index is 0.201. The molecule has 1 amide bonds. The summed E-state index contributed by atoms with van der Waals surface area (Å²) < 4.78 is 0. The Balaban J connectivity index is 1.52. The van der Waals surface area contributed by atoms with Gasteiger partial charge in [0.25, 0.3) is 5.91 Å². The number of pyridine rings is 1. The van der Waals surface area contributed by atoms with E-state index in [1.165, 1.54) is 10.9 Å². The Labute approximate surface area is 162 Å². The molecule has 0 aliphatic heterocycles. The summed E-state index contributed by atoms with van der Waals surface area (Å²) in [5.41, 5.74) is 5.72. The van der Waals surface area contributed by atoms with E-state index >= 15 is 0 Å². The average Bonchev–Trinajstić information content (AvgIpc) is 3.05. The SMILES string of the molecule is Cc1cc(C)c2nc(Cl)c(C(=O)NCCc3c[nH]c4ccccc34)cc2c1. The molecule has 136 valence electrons. The first-order valence-corrected chi connectivity index (χ1v) is 9.31. The number of benzene rings is 2. The van der Waals surface area contributed by atoms with Gasteiger partial charge in [0, 0.05) is 29.0 Å². The standard InChI is InChI=1S/C22H20ClN3O/c1-13-9-14(2)20-16(10-13)11-18(21(23)26-20)22(27)24-8-7-15-12-25-19-6-4-3-5-17(15)19/h3-6,9-12,25H,7-8H2,1-2H3,(H,24,27). The van der Waals surface area contributed by atoms with Gasteiger partial charge in [-0.1, -0.05) is 41.4 Å². The lowest BCUT2D eigenvalue weighted by Crippen LogP contribution is -2.26. The number of aromatic nitrogens is 2. The molecule has 0 atom stereocenters. The van der Waals surface area contributed by atoms with Gasteiger partial charge in [-0.3, -0.25) is 4.79 Å². The molecule has 27 heavy (non-hydrogen) atoms. The second kappa shape index (κ2) is 7.05. The summed E-state index contributed by atoms with van der Waals surface area (Å²) in [6.45, 7) is 4.56. The second-order valence-electron chi connectivity index (χ2n) is 6.85. The molecule has 0 unspecified atom stereocenters. The molecule has 0 bridgehead atoms. The summed E-state index contributed by atoms with van der Waals surface area (Å²) in [6, 6.07) is 14.1. The number of aromatic amines is 1. The number of nitrogens with zero attached hydrogens (tertiary/aromatic N) is 1. The topological polar surface area (TPSA) is 57.8 Å². The smallest absolute Gasteiger partial charge is 0.254 e. The number of hydrogen-bond donors (Lipinski definition) is 2. The summed E-state index contributed by atoms with van der Waals surface area (Å²) in [5, 5.41) is 5.31. The van der Waals surface area contributed by atoms with Crippen LogP contribution in [0.15, 0.2) is 48.7 Å². The van der Waals surface area contributed by atoms with Crippen molar-refractivity contribution in [2.75, 3.05) is 6.54 Å². The van der Waals surface area contributed by atoms with Gasteiger partial charge in [0.15, 0.2) is 0 Å². The maximum Gasteiger partial charge on any atom is 0.254 e. The van der Waals surface area contributed by atoms with Crippen LogP contribution in [-0.2, 0) is 6.42 Å². The number of fused-ring (bicyclic) bond motifs is 2. The number of nitrogens with one attached hydrogen (secondary N) is 2. The molecule has 2 N–H and O–H groups in total. The highest BCUT2D eigenvalue weighted by Gasteiger charge is 2.14. The molecule has 4 rings (SSSR count). The number of carbonyl (C=O) groups is 1. The van der Waals surface area contributed by atoms with Gasteiger partial charge < -0.3 is 10.3 Å². The van der Waals surface area contributed by atoms with E-state index in [0.717, 1.165) is 34.0 Å². The van der Waals surface area contributed by atoms with Crippen molar-refractivity contribution >= 4 is 39.3 Å². The van der Waals surface area contributed by atoms with Crippen molar-refractivity contribution in [3.8, 4) is 0 Å². The van der Waals surface area contributed by atoms with Crippen molar-refractivity contribution in [1.29, 1.82) is 0 Å². The van der Waals surface area contributed by atoms with Crippen LogP contribution in [0, 0.1) is 13.8 Å². The van der Waals surface area contributed by atoms with Crippen LogP contribution in [0.2, 0.25) is 5.15 Å². The highest BCUT2D eigenvalue weighted by molar-refractivity contribution is 6.33. The lowest BCUT2D eigenvalue weighted by molar-refractivity contribution is 0.0954. The quantitative estimate of drug-likeness (QED) is 0.494. The van der Waals surface area contributed by atoms with Gasteiger partial charge in [0.05, 0.1) is 11.1 Å². The Morgan fingerprint density at radius 2 is 2.00 bits per heavy atom. The first-order chi connectivity index (χ1) is 13.0. The first-order valence-electron chi connectivity index (χ1n) is 8.93. The number of carbonyl (C=O) groups excluding carboxylic acids is 1. The summed E-state index contributed by atoms with van der Waals surface area (Å²) in [5.74, 6) is -0.201. The maximum absolute atomic E-state index is 12.6. The van der Waals surface area contributed by atoms with Crippen LogP contribution in [0.1, 0.15) is 27.0 Å². The van der Waals surface area contributed by atoms with Gasteiger partial charge in [0.1, 0.15) is 5.15 Å². The van der Waals surface area contributed by atoms with E-state index in [9.17, 15) is 4.79 Å². The normalized spacial score (nSPS) is 11.2. The van der Waals surface area contributed by atoms with Crippen LogP contribution in [-0.4, -0.2) is 22.4 Å². The Hall–Kier alpha value is -2.85. The second-order valence-corrected chi connectivity index (χ2v) is 7.20. The number of amides is 1. The predicted octanol–water partition coefficient (Wildman–Crippen LogP) is 4.96. The minimum Gasteiger partial charge on any atom is -0.361 e. The molecule has 2 aromatic carbocycles. The summed E-state index contributed by atoms with van der Waals surface area (Å²) >= 11 is 6.29. The van der Waals surface area contributed by atoms with E-state index in [1.807, 2.05) is 50.4 Å². The number of hydrogen-bond acceptors (Lipinski definition) is 2. The van der Waals surface area contributed by atoms with Crippen molar-refractivity contribution < 1.29 is 4.79 Å². The van der Waals surface area contributed by atoms with Crippen LogP contribution >= 0.6 is 11.6 Å². The molecular formula is C22H20ClN3O. The molecule has 0 spiro atoms. The molecule has 5 heteroatoms. The largest absolute Gasteiger partial charge is 0.361 e. The van der Waals surface area contributed by atoms with E-state index < -0.39 is 0 Å². The Morgan fingerprint density at radius 1 is 1.19 bits per heavy atom. The fourth-order valence-electron chi connectivity index (χ4n) is 3.53. The Morgan fingerprint density at radius 3 is 2.85 bits per heavy atom. The van der Waals surface area contributed by atoms with Crippen LogP contribution in [0.25, 0.3) is 21.8 Å². The third-order valence-corrected chi connectivity index (χ3v) is 5.09. The van der Waals surface area contributed by atoms with Gasteiger partial charge in [-0.05, 0) is 49.6 Å². The summed E-state index contributed by atoms with van der Waals surface area (Å²) in [4.78, 5) is 20.3. The molecule has 0 fully saturated rings. The highest BCUT2D eigenvalue weighted by atomic mass is 35.5. The van der Waals surface area contributed by atoms with Crippen molar-refractivity contribution in [1.82, 2.24) is 15.3 Å². The van der Waals surface area contributed by atoms with E-state index in [4.69, 9.17) is 11.6 Å². The number of rotatable bonds is 4. The van der Waals surface area contributed by atoms with E-state index in [1.54, 1.807) is 0 Å². The molecule has 0 aliphatic carbocycles. The summed E-state index contributed by atoms with van der Waals surface area (Å²) in [6.07, 6.45) is 2.74. The number of aryl methyl sites for hydroxylation is 2. The molecule has 2 heterocycles. The zero-order valence-corrected chi connectivity index (χ0v) is 16.0. The first kappa shape index (κ1) is 17.6. The van der Waals surface area contributed by atoms with Crippen molar-refractivity contribution in [2.45, 2.75) is 20.3 Å². The molecule has 4 nitrogen and oxygen atoms in total. The lowest BCUT2D eigenvalue weighted by Gasteiger charge is -2.09. The molecule has 0 radical (unpaired) electrons. The van der Waals surface area contributed by atoms with Crippen molar-refractivity contribution in [3.05, 3.63) is 76.1 Å². The van der Waals surface area contributed by atoms with Crippen LogP contribution in [0.5, 0.6) is 0 Å². The highest BCUT2D eigenvalue weighted by Crippen LogP contribution is 2.24. The van der Waals surface area contributed by atoms with Gasteiger partial charge in [-0.25, -0.2) is 4.98 Å². The van der Waals surface area contributed by atoms with Crippen LogP contribution in [0.3, 0.4) is 0 Å². The van der Waals surface area contributed by atoms with E-state index in [2.05, 4.69) is 27.4 Å². The maximum atomic E-state index is 12.6. The van der Waals surface area contributed by atoms with Crippen molar-refractivity contribution in [2.24, 2.45) is 0 Å². The fourth-order valence-corrected chi connectivity index (χ4v) is 3.76. The molecule has 4 aromatic rings.